The first-order valence-electron chi connectivity index (χ1n) is 6.57. The van der Waals surface area contributed by atoms with Crippen molar-refractivity contribution >= 4 is 33.8 Å². The SMILES string of the molecule is CC1(C)CN(S(=O)(=O)CCc2cccs2)CCC1N.Cl. The maximum atomic E-state index is 12.4. The minimum absolute atomic E-state index is 0. The molecule has 0 spiro atoms. The van der Waals surface area contributed by atoms with Gasteiger partial charge in [-0.25, -0.2) is 12.7 Å². The normalized spacial score (nSPS) is 23.2. The molecule has 2 N–H and O–H groups in total. The van der Waals surface area contributed by atoms with Gasteiger partial charge in [-0.05, 0) is 29.7 Å². The minimum atomic E-state index is -3.17. The molecule has 7 heteroatoms. The summed E-state index contributed by atoms with van der Waals surface area (Å²) in [6.07, 6.45) is 1.34. The van der Waals surface area contributed by atoms with Gasteiger partial charge in [0.15, 0.2) is 0 Å². The molecule has 1 aromatic heterocycles. The molecule has 0 amide bonds. The predicted octanol–water partition coefficient (Wildman–Crippen LogP) is 2.10. The second-order valence-corrected chi connectivity index (χ2v) is 8.98. The Morgan fingerprint density at radius 3 is 2.75 bits per heavy atom. The zero-order chi connectivity index (χ0) is 14.1. The minimum Gasteiger partial charge on any atom is -0.327 e. The van der Waals surface area contributed by atoms with E-state index in [-0.39, 0.29) is 29.6 Å². The molecule has 1 atom stereocenters. The lowest BCUT2D eigenvalue weighted by Gasteiger charge is -2.41. The fourth-order valence-electron chi connectivity index (χ4n) is 2.38. The summed E-state index contributed by atoms with van der Waals surface area (Å²) in [6.45, 7) is 5.16. The lowest BCUT2D eigenvalue weighted by molar-refractivity contribution is 0.155. The molecule has 1 unspecified atom stereocenters. The first-order valence-corrected chi connectivity index (χ1v) is 9.06. The molecule has 0 aromatic carbocycles. The molecular formula is C13H23ClN2O2S2. The molecule has 4 nitrogen and oxygen atoms in total. The van der Waals surface area contributed by atoms with E-state index in [9.17, 15) is 8.42 Å². The third kappa shape index (κ3) is 4.18. The van der Waals surface area contributed by atoms with Gasteiger partial charge in [-0.3, -0.25) is 0 Å². The number of hydrogen-bond donors (Lipinski definition) is 1. The van der Waals surface area contributed by atoms with E-state index < -0.39 is 10.0 Å². The Hall–Kier alpha value is -0.140. The van der Waals surface area contributed by atoms with Crippen LogP contribution in [0, 0.1) is 5.41 Å². The number of halogens is 1. The van der Waals surface area contributed by atoms with Gasteiger partial charge in [0.1, 0.15) is 0 Å². The van der Waals surface area contributed by atoms with Crippen LogP contribution in [0.5, 0.6) is 0 Å². The fraction of sp³-hybridized carbons (Fsp3) is 0.692. The van der Waals surface area contributed by atoms with Crippen LogP contribution in [0.1, 0.15) is 25.1 Å². The molecule has 0 aliphatic carbocycles. The van der Waals surface area contributed by atoms with Crippen molar-refractivity contribution < 1.29 is 8.42 Å². The summed E-state index contributed by atoms with van der Waals surface area (Å²) in [7, 11) is -3.17. The second-order valence-electron chi connectivity index (χ2n) is 5.86. The lowest BCUT2D eigenvalue weighted by Crippen LogP contribution is -2.54. The zero-order valence-electron chi connectivity index (χ0n) is 11.9. The molecule has 0 radical (unpaired) electrons. The van der Waals surface area contributed by atoms with Crippen molar-refractivity contribution in [1.82, 2.24) is 4.31 Å². The van der Waals surface area contributed by atoms with Crippen molar-refractivity contribution in [2.24, 2.45) is 11.1 Å². The van der Waals surface area contributed by atoms with Crippen LogP contribution in [0.4, 0.5) is 0 Å². The van der Waals surface area contributed by atoms with Crippen molar-refractivity contribution in [3.8, 4) is 0 Å². The summed E-state index contributed by atoms with van der Waals surface area (Å²) >= 11 is 1.61. The predicted molar refractivity (Wildman–Crippen MR) is 87.0 cm³/mol. The first kappa shape index (κ1) is 17.9. The average molecular weight is 339 g/mol. The molecule has 1 aromatic rings. The Kier molecular flexibility index (Phi) is 6.04. The van der Waals surface area contributed by atoms with Gasteiger partial charge in [0.25, 0.3) is 0 Å². The maximum absolute atomic E-state index is 12.4. The third-order valence-corrected chi connectivity index (χ3v) is 6.61. The van der Waals surface area contributed by atoms with Gasteiger partial charge in [-0.15, -0.1) is 23.7 Å². The number of sulfonamides is 1. The first-order chi connectivity index (χ1) is 8.81. The van der Waals surface area contributed by atoms with Crippen LogP contribution in [-0.4, -0.2) is 37.6 Å². The van der Waals surface area contributed by atoms with Crippen LogP contribution in [0.3, 0.4) is 0 Å². The van der Waals surface area contributed by atoms with E-state index in [1.54, 1.807) is 15.6 Å². The van der Waals surface area contributed by atoms with Crippen molar-refractivity contribution in [3.63, 3.8) is 0 Å². The van der Waals surface area contributed by atoms with E-state index in [0.717, 1.165) is 11.3 Å². The highest BCUT2D eigenvalue weighted by Gasteiger charge is 2.37. The van der Waals surface area contributed by atoms with Crippen molar-refractivity contribution in [3.05, 3.63) is 22.4 Å². The molecule has 1 aliphatic heterocycles. The number of aryl methyl sites for hydroxylation is 1. The number of hydrogen-bond acceptors (Lipinski definition) is 4. The molecule has 2 rings (SSSR count). The number of thiophene rings is 1. The average Bonchev–Trinajstić information content (AvgIpc) is 2.83. The van der Waals surface area contributed by atoms with E-state index in [1.807, 2.05) is 31.4 Å². The van der Waals surface area contributed by atoms with Crippen LogP contribution < -0.4 is 5.73 Å². The Morgan fingerprint density at radius 2 is 2.20 bits per heavy atom. The van der Waals surface area contributed by atoms with Crippen molar-refractivity contribution in [2.45, 2.75) is 32.7 Å². The standard InChI is InChI=1S/C13H22N2O2S2.ClH/c1-13(2)10-15(7-5-12(13)14)19(16,17)9-6-11-4-3-8-18-11;/h3-4,8,12H,5-7,9-10,14H2,1-2H3;1H. The number of nitrogens with zero attached hydrogens (tertiary/aromatic N) is 1. The highest BCUT2D eigenvalue weighted by molar-refractivity contribution is 7.89. The van der Waals surface area contributed by atoms with Gasteiger partial charge in [-0.2, -0.15) is 0 Å². The topological polar surface area (TPSA) is 63.4 Å². The molecule has 1 saturated heterocycles. The Balaban J connectivity index is 0.00000200. The van der Waals surface area contributed by atoms with E-state index in [4.69, 9.17) is 5.73 Å². The Morgan fingerprint density at radius 1 is 1.50 bits per heavy atom. The summed E-state index contributed by atoms with van der Waals surface area (Å²) in [5.41, 5.74) is 5.90. The van der Waals surface area contributed by atoms with Gasteiger partial charge in [0, 0.05) is 24.0 Å². The van der Waals surface area contributed by atoms with Crippen LogP contribution in [0.15, 0.2) is 17.5 Å². The molecule has 0 bridgehead atoms. The summed E-state index contributed by atoms with van der Waals surface area (Å²) < 4.78 is 26.3. The number of rotatable bonds is 4. The van der Waals surface area contributed by atoms with Crippen molar-refractivity contribution in [1.29, 1.82) is 0 Å². The zero-order valence-corrected chi connectivity index (χ0v) is 14.4. The van der Waals surface area contributed by atoms with Crippen LogP contribution in [0.2, 0.25) is 0 Å². The van der Waals surface area contributed by atoms with E-state index >= 15 is 0 Å². The summed E-state index contributed by atoms with van der Waals surface area (Å²) in [5, 5.41) is 1.98. The third-order valence-electron chi connectivity index (χ3n) is 3.86. The van der Waals surface area contributed by atoms with Gasteiger partial charge < -0.3 is 5.73 Å². The summed E-state index contributed by atoms with van der Waals surface area (Å²) in [4.78, 5) is 1.12. The van der Waals surface area contributed by atoms with Gasteiger partial charge in [0.05, 0.1) is 5.75 Å². The van der Waals surface area contributed by atoms with Crippen LogP contribution in [-0.2, 0) is 16.4 Å². The highest BCUT2D eigenvalue weighted by atomic mass is 35.5. The van der Waals surface area contributed by atoms with Crippen LogP contribution >= 0.6 is 23.7 Å². The van der Waals surface area contributed by atoms with Gasteiger partial charge in [0.2, 0.25) is 10.0 Å². The molecule has 0 saturated carbocycles. The number of nitrogens with two attached hydrogens (primary N) is 1. The molecule has 1 aliphatic rings. The summed E-state index contributed by atoms with van der Waals surface area (Å²) in [6, 6.07) is 4.02. The Labute approximate surface area is 131 Å². The smallest absolute Gasteiger partial charge is 0.214 e. The van der Waals surface area contributed by atoms with E-state index in [1.165, 1.54) is 0 Å². The number of piperidine rings is 1. The second kappa shape index (κ2) is 6.75. The fourth-order valence-corrected chi connectivity index (χ4v) is 4.86. The van der Waals surface area contributed by atoms with Gasteiger partial charge >= 0.3 is 0 Å². The summed E-state index contributed by atoms with van der Waals surface area (Å²) in [5.74, 6) is 0.193. The maximum Gasteiger partial charge on any atom is 0.214 e. The molecule has 20 heavy (non-hydrogen) atoms. The van der Waals surface area contributed by atoms with E-state index in [0.29, 0.717) is 19.5 Å². The van der Waals surface area contributed by atoms with Crippen molar-refractivity contribution in [2.75, 3.05) is 18.8 Å². The lowest BCUT2D eigenvalue weighted by atomic mass is 9.81. The molecule has 116 valence electrons. The Bertz CT molecular complexity index is 514. The van der Waals surface area contributed by atoms with E-state index in [2.05, 4.69) is 0 Å². The molecule has 2 heterocycles. The van der Waals surface area contributed by atoms with Crippen LogP contribution in [0.25, 0.3) is 0 Å². The highest BCUT2D eigenvalue weighted by Crippen LogP contribution is 2.29. The molecule has 1 fully saturated rings. The monoisotopic (exact) mass is 338 g/mol. The largest absolute Gasteiger partial charge is 0.327 e. The molecular weight excluding hydrogens is 316 g/mol. The van der Waals surface area contributed by atoms with Gasteiger partial charge in [-0.1, -0.05) is 19.9 Å². The quantitative estimate of drug-likeness (QED) is 0.914.